The molecule has 0 amide bonds. The van der Waals surface area contributed by atoms with Crippen LogP contribution < -0.4 is 5.73 Å². The zero-order valence-electron chi connectivity index (χ0n) is 7.72. The highest BCUT2D eigenvalue weighted by Crippen LogP contribution is 2.56. The van der Waals surface area contributed by atoms with Crippen molar-refractivity contribution in [2.45, 2.75) is 43.5 Å². The molecular formula is C9H14F3NO. The van der Waals surface area contributed by atoms with E-state index in [0.717, 1.165) is 0 Å². The highest BCUT2D eigenvalue weighted by Gasteiger charge is 2.66. The van der Waals surface area contributed by atoms with Crippen molar-refractivity contribution >= 4 is 0 Å². The summed E-state index contributed by atoms with van der Waals surface area (Å²) < 4.78 is 38.1. The van der Waals surface area contributed by atoms with Crippen molar-refractivity contribution in [1.29, 1.82) is 0 Å². The van der Waals surface area contributed by atoms with Gasteiger partial charge in [-0.15, -0.1) is 0 Å². The number of hydrogen-bond acceptors (Lipinski definition) is 2. The van der Waals surface area contributed by atoms with Gasteiger partial charge in [0.1, 0.15) is 0 Å². The molecule has 14 heavy (non-hydrogen) atoms. The fourth-order valence-electron chi connectivity index (χ4n) is 3.06. The third-order valence-electron chi connectivity index (χ3n) is 3.74. The van der Waals surface area contributed by atoms with E-state index in [1.165, 1.54) is 0 Å². The Hall–Kier alpha value is -0.290. The average molecular weight is 209 g/mol. The summed E-state index contributed by atoms with van der Waals surface area (Å²) in [6.45, 7) is 0. The molecule has 82 valence electrons. The van der Waals surface area contributed by atoms with Gasteiger partial charge >= 0.3 is 6.18 Å². The summed E-state index contributed by atoms with van der Waals surface area (Å²) in [6.07, 6.45) is -3.00. The Labute approximate surface area is 80.3 Å². The van der Waals surface area contributed by atoms with Crippen LogP contribution in [0.5, 0.6) is 0 Å². The minimum absolute atomic E-state index is 0.171. The molecule has 2 rings (SSSR count). The zero-order chi connectivity index (χ0) is 10.6. The number of fused-ring (bicyclic) bond motifs is 2. The van der Waals surface area contributed by atoms with Gasteiger partial charge in [-0.25, -0.2) is 0 Å². The van der Waals surface area contributed by atoms with E-state index < -0.39 is 23.6 Å². The maximum Gasteiger partial charge on any atom is 0.417 e. The molecule has 0 aromatic rings. The molecule has 0 spiro atoms. The quantitative estimate of drug-likeness (QED) is 0.634. The largest absolute Gasteiger partial charge is 0.417 e. The van der Waals surface area contributed by atoms with Gasteiger partial charge in [-0.2, -0.15) is 13.2 Å². The van der Waals surface area contributed by atoms with Crippen LogP contribution in [0.15, 0.2) is 0 Å². The molecule has 2 saturated carbocycles. The normalized spacial score (nSPS) is 48.2. The summed E-state index contributed by atoms with van der Waals surface area (Å²) in [6, 6.07) is -0.171. The molecule has 2 nitrogen and oxygen atoms in total. The SMILES string of the molecule is NC1C[C@H]2CC[C@H](C1)C2(O)C(F)(F)F. The number of nitrogens with two attached hydrogens (primary N) is 1. The maximum absolute atomic E-state index is 12.7. The van der Waals surface area contributed by atoms with Crippen molar-refractivity contribution < 1.29 is 18.3 Å². The van der Waals surface area contributed by atoms with E-state index in [1.807, 2.05) is 0 Å². The van der Waals surface area contributed by atoms with Gasteiger partial charge in [-0.3, -0.25) is 0 Å². The topological polar surface area (TPSA) is 46.2 Å². The Balaban J connectivity index is 2.30. The lowest BCUT2D eigenvalue weighted by Gasteiger charge is -2.42. The molecule has 0 unspecified atom stereocenters. The molecule has 2 fully saturated rings. The standard InChI is InChI=1S/C9H14F3NO/c10-9(11,12)8(14)5-1-2-6(8)4-7(13)3-5/h5-7,14H,1-4,13H2/t5-,6-,7?,8?/m1/s1. The molecule has 0 aliphatic heterocycles. The predicted octanol–water partition coefficient (Wildman–Crippen LogP) is 1.43. The van der Waals surface area contributed by atoms with Gasteiger partial charge in [0.25, 0.3) is 0 Å². The first-order valence-electron chi connectivity index (χ1n) is 4.90. The lowest BCUT2D eigenvalue weighted by atomic mass is 9.72. The second-order valence-electron chi connectivity index (χ2n) is 4.53. The lowest BCUT2D eigenvalue weighted by Crippen LogP contribution is -2.57. The smallest absolute Gasteiger partial charge is 0.380 e. The van der Waals surface area contributed by atoms with Crippen molar-refractivity contribution in [3.05, 3.63) is 0 Å². The van der Waals surface area contributed by atoms with Gasteiger partial charge in [0, 0.05) is 6.04 Å². The van der Waals surface area contributed by atoms with Gasteiger partial charge < -0.3 is 10.8 Å². The Morgan fingerprint density at radius 2 is 1.57 bits per heavy atom. The monoisotopic (exact) mass is 209 g/mol. The van der Waals surface area contributed by atoms with Crippen LogP contribution >= 0.6 is 0 Å². The molecule has 2 bridgehead atoms. The molecule has 3 N–H and O–H groups in total. The van der Waals surface area contributed by atoms with E-state index in [9.17, 15) is 18.3 Å². The molecular weight excluding hydrogens is 195 g/mol. The maximum atomic E-state index is 12.7. The number of aliphatic hydroxyl groups is 1. The van der Waals surface area contributed by atoms with Crippen molar-refractivity contribution in [1.82, 2.24) is 0 Å². The van der Waals surface area contributed by atoms with Crippen LogP contribution in [0.4, 0.5) is 13.2 Å². The second-order valence-corrected chi connectivity index (χ2v) is 4.53. The van der Waals surface area contributed by atoms with E-state index in [-0.39, 0.29) is 6.04 Å². The first-order valence-corrected chi connectivity index (χ1v) is 4.90. The van der Waals surface area contributed by atoms with Gasteiger partial charge in [0.15, 0.2) is 5.60 Å². The fraction of sp³-hybridized carbons (Fsp3) is 1.00. The van der Waals surface area contributed by atoms with Crippen LogP contribution in [-0.4, -0.2) is 22.9 Å². The number of rotatable bonds is 0. The fourth-order valence-corrected chi connectivity index (χ4v) is 3.06. The van der Waals surface area contributed by atoms with E-state index in [0.29, 0.717) is 25.7 Å². The molecule has 5 heteroatoms. The summed E-state index contributed by atoms with van der Waals surface area (Å²) >= 11 is 0. The van der Waals surface area contributed by atoms with Gasteiger partial charge in [0.05, 0.1) is 0 Å². The molecule has 0 heterocycles. The van der Waals surface area contributed by atoms with Crippen molar-refractivity contribution in [3.63, 3.8) is 0 Å². The summed E-state index contributed by atoms with van der Waals surface area (Å²) in [7, 11) is 0. The summed E-state index contributed by atoms with van der Waals surface area (Å²) in [5.74, 6) is -1.37. The van der Waals surface area contributed by atoms with Crippen LogP contribution in [0.1, 0.15) is 25.7 Å². The van der Waals surface area contributed by atoms with E-state index in [2.05, 4.69) is 0 Å². The van der Waals surface area contributed by atoms with Crippen LogP contribution in [-0.2, 0) is 0 Å². The minimum atomic E-state index is -4.50. The summed E-state index contributed by atoms with van der Waals surface area (Å²) in [5, 5.41) is 9.74. The zero-order valence-corrected chi connectivity index (χ0v) is 7.72. The van der Waals surface area contributed by atoms with Crippen LogP contribution in [0.3, 0.4) is 0 Å². The highest BCUT2D eigenvalue weighted by atomic mass is 19.4. The molecule has 2 aliphatic rings. The first kappa shape index (κ1) is 10.2. The van der Waals surface area contributed by atoms with Crippen molar-refractivity contribution in [2.75, 3.05) is 0 Å². The van der Waals surface area contributed by atoms with Gasteiger partial charge in [-0.1, -0.05) is 0 Å². The average Bonchev–Trinajstić information content (AvgIpc) is 2.29. The van der Waals surface area contributed by atoms with Crippen molar-refractivity contribution in [3.8, 4) is 0 Å². The minimum Gasteiger partial charge on any atom is -0.380 e. The van der Waals surface area contributed by atoms with E-state index in [1.54, 1.807) is 0 Å². The molecule has 0 aromatic carbocycles. The Morgan fingerprint density at radius 3 is 1.93 bits per heavy atom. The first-order chi connectivity index (χ1) is 6.35. The second kappa shape index (κ2) is 2.85. The molecule has 0 saturated heterocycles. The Kier molecular flexibility index (Phi) is 2.09. The van der Waals surface area contributed by atoms with Crippen LogP contribution in [0.2, 0.25) is 0 Å². The van der Waals surface area contributed by atoms with Crippen molar-refractivity contribution in [2.24, 2.45) is 17.6 Å². The number of halogens is 3. The Morgan fingerprint density at radius 1 is 1.14 bits per heavy atom. The highest BCUT2D eigenvalue weighted by molar-refractivity contribution is 5.08. The predicted molar refractivity (Wildman–Crippen MR) is 44.4 cm³/mol. The molecule has 0 radical (unpaired) electrons. The molecule has 0 aromatic heterocycles. The number of hydrogen-bond donors (Lipinski definition) is 2. The van der Waals surface area contributed by atoms with Gasteiger partial charge in [-0.05, 0) is 37.5 Å². The van der Waals surface area contributed by atoms with Crippen LogP contribution in [0.25, 0.3) is 0 Å². The third-order valence-corrected chi connectivity index (χ3v) is 3.74. The lowest BCUT2D eigenvalue weighted by molar-refractivity contribution is -0.295. The van der Waals surface area contributed by atoms with E-state index in [4.69, 9.17) is 5.73 Å². The molecule has 2 aliphatic carbocycles. The molecule has 2 atom stereocenters. The third kappa shape index (κ3) is 1.18. The van der Waals surface area contributed by atoms with Crippen LogP contribution in [0, 0.1) is 11.8 Å². The van der Waals surface area contributed by atoms with E-state index >= 15 is 0 Å². The summed E-state index contributed by atoms with van der Waals surface area (Å²) in [5.41, 5.74) is 3.19. The summed E-state index contributed by atoms with van der Waals surface area (Å²) in [4.78, 5) is 0. The van der Waals surface area contributed by atoms with Gasteiger partial charge in [0.2, 0.25) is 0 Å². The Bertz CT molecular complexity index is 227. The number of alkyl halides is 3.